The van der Waals surface area contributed by atoms with Gasteiger partial charge < -0.3 is 5.32 Å². The number of rotatable bonds is 4. The maximum Gasteiger partial charge on any atom is 0.282 e. The maximum atomic E-state index is 13.6. The number of hydrogen-bond donors (Lipinski definition) is 1. The van der Waals surface area contributed by atoms with Crippen molar-refractivity contribution in [3.05, 3.63) is 86.2 Å². The molecule has 0 saturated carbocycles. The highest BCUT2D eigenvalue weighted by Crippen LogP contribution is 2.37. The summed E-state index contributed by atoms with van der Waals surface area (Å²) in [6.45, 7) is 0. The maximum absolute atomic E-state index is 13.6. The number of nitrogens with one attached hydrogen (secondary N) is 1. The lowest BCUT2D eigenvalue weighted by Crippen LogP contribution is -2.32. The third-order valence-electron chi connectivity index (χ3n) is 4.20. The van der Waals surface area contributed by atoms with Gasteiger partial charge in [-0.25, -0.2) is 13.7 Å². The molecule has 3 aromatic rings. The van der Waals surface area contributed by atoms with E-state index in [1.54, 1.807) is 17.5 Å². The Kier molecular flexibility index (Phi) is 5.12. The van der Waals surface area contributed by atoms with Gasteiger partial charge in [-0.1, -0.05) is 29.3 Å². The fourth-order valence-electron chi connectivity index (χ4n) is 2.87. The summed E-state index contributed by atoms with van der Waals surface area (Å²) in [7, 11) is 0. The molecule has 29 heavy (non-hydrogen) atoms. The van der Waals surface area contributed by atoms with E-state index in [1.807, 2.05) is 0 Å². The molecular formula is C20H10Cl2F2N2O2S. The summed E-state index contributed by atoms with van der Waals surface area (Å²) in [4.78, 5) is 27.8. The predicted molar refractivity (Wildman–Crippen MR) is 110 cm³/mol. The second-order valence-corrected chi connectivity index (χ2v) is 7.79. The van der Waals surface area contributed by atoms with Gasteiger partial charge in [-0.3, -0.25) is 9.59 Å². The van der Waals surface area contributed by atoms with E-state index >= 15 is 0 Å². The molecule has 0 spiro atoms. The van der Waals surface area contributed by atoms with Crippen LogP contribution in [0.2, 0.25) is 10.0 Å². The van der Waals surface area contributed by atoms with Crippen molar-refractivity contribution in [3.63, 3.8) is 0 Å². The summed E-state index contributed by atoms with van der Waals surface area (Å²) in [5, 5.41) is 4.99. The van der Waals surface area contributed by atoms with Crippen LogP contribution < -0.4 is 10.2 Å². The Labute approximate surface area is 178 Å². The number of imide groups is 1. The van der Waals surface area contributed by atoms with E-state index in [0.29, 0.717) is 4.88 Å². The Morgan fingerprint density at radius 1 is 0.897 bits per heavy atom. The SMILES string of the molecule is O=C1C(Nc2ccc(F)c(F)c2)=C(c2cccs2)C(=O)N1c1ccc(Cl)c(Cl)c1. The summed E-state index contributed by atoms with van der Waals surface area (Å²) in [5.74, 6) is -3.32. The molecule has 1 aliphatic rings. The molecule has 1 aromatic heterocycles. The zero-order valence-corrected chi connectivity index (χ0v) is 16.7. The minimum absolute atomic E-state index is 0.0467. The number of anilines is 2. The summed E-state index contributed by atoms with van der Waals surface area (Å²) in [5.41, 5.74) is 0.450. The van der Waals surface area contributed by atoms with Gasteiger partial charge in [0.2, 0.25) is 0 Å². The van der Waals surface area contributed by atoms with Gasteiger partial charge in [0.05, 0.1) is 21.3 Å². The molecule has 9 heteroatoms. The van der Waals surface area contributed by atoms with Gasteiger partial charge in [-0.15, -0.1) is 11.3 Å². The Morgan fingerprint density at radius 3 is 2.34 bits per heavy atom. The highest BCUT2D eigenvalue weighted by Gasteiger charge is 2.40. The van der Waals surface area contributed by atoms with E-state index in [2.05, 4.69) is 5.32 Å². The third-order valence-corrected chi connectivity index (χ3v) is 5.83. The smallest absolute Gasteiger partial charge is 0.282 e. The summed E-state index contributed by atoms with van der Waals surface area (Å²) < 4.78 is 26.8. The normalized spacial score (nSPS) is 14.1. The van der Waals surface area contributed by atoms with Crippen molar-refractivity contribution in [2.75, 3.05) is 10.2 Å². The van der Waals surface area contributed by atoms with Crippen LogP contribution in [0.1, 0.15) is 4.88 Å². The fourth-order valence-corrected chi connectivity index (χ4v) is 3.93. The van der Waals surface area contributed by atoms with Crippen molar-refractivity contribution in [2.24, 2.45) is 0 Å². The van der Waals surface area contributed by atoms with Crippen molar-refractivity contribution < 1.29 is 18.4 Å². The number of carbonyl (C=O) groups is 2. The summed E-state index contributed by atoms with van der Waals surface area (Å²) in [6.07, 6.45) is 0. The van der Waals surface area contributed by atoms with Crippen LogP contribution in [0.4, 0.5) is 20.2 Å². The third kappa shape index (κ3) is 3.53. The van der Waals surface area contributed by atoms with Crippen molar-refractivity contribution >= 4 is 63.3 Å². The molecule has 0 radical (unpaired) electrons. The van der Waals surface area contributed by atoms with Crippen LogP contribution in [0.25, 0.3) is 5.57 Å². The molecule has 2 aromatic carbocycles. The molecule has 0 aliphatic carbocycles. The van der Waals surface area contributed by atoms with Crippen LogP contribution in [-0.2, 0) is 9.59 Å². The zero-order valence-electron chi connectivity index (χ0n) is 14.4. The van der Waals surface area contributed by atoms with E-state index in [9.17, 15) is 18.4 Å². The van der Waals surface area contributed by atoms with Crippen LogP contribution in [0.5, 0.6) is 0 Å². The average molecular weight is 451 g/mol. The molecule has 2 amide bonds. The van der Waals surface area contributed by atoms with Gasteiger partial charge in [0.25, 0.3) is 11.8 Å². The number of amides is 2. The monoisotopic (exact) mass is 450 g/mol. The molecule has 0 unspecified atom stereocenters. The Balaban J connectivity index is 1.80. The highest BCUT2D eigenvalue weighted by molar-refractivity contribution is 7.11. The molecule has 2 heterocycles. The number of benzene rings is 2. The van der Waals surface area contributed by atoms with E-state index < -0.39 is 23.4 Å². The van der Waals surface area contributed by atoms with Gasteiger partial charge >= 0.3 is 0 Å². The van der Waals surface area contributed by atoms with Crippen LogP contribution in [0.15, 0.2) is 59.6 Å². The van der Waals surface area contributed by atoms with Crippen molar-refractivity contribution in [1.29, 1.82) is 0 Å². The van der Waals surface area contributed by atoms with Gasteiger partial charge in [0.15, 0.2) is 11.6 Å². The topological polar surface area (TPSA) is 49.4 Å². The first kappa shape index (κ1) is 19.6. The molecule has 146 valence electrons. The first-order valence-electron chi connectivity index (χ1n) is 8.21. The first-order valence-corrected chi connectivity index (χ1v) is 9.84. The van der Waals surface area contributed by atoms with Gasteiger partial charge in [-0.2, -0.15) is 0 Å². The highest BCUT2D eigenvalue weighted by atomic mass is 35.5. The lowest BCUT2D eigenvalue weighted by atomic mass is 10.2. The fraction of sp³-hybridized carbons (Fsp3) is 0. The van der Waals surface area contributed by atoms with E-state index in [0.717, 1.165) is 17.0 Å². The van der Waals surface area contributed by atoms with Gasteiger partial charge in [-0.05, 0) is 41.8 Å². The molecule has 4 nitrogen and oxygen atoms in total. The second-order valence-electron chi connectivity index (χ2n) is 6.03. The van der Waals surface area contributed by atoms with Crippen molar-refractivity contribution in [3.8, 4) is 0 Å². The van der Waals surface area contributed by atoms with E-state index in [1.165, 1.54) is 35.6 Å². The lowest BCUT2D eigenvalue weighted by molar-refractivity contribution is -0.120. The Morgan fingerprint density at radius 2 is 1.69 bits per heavy atom. The summed E-state index contributed by atoms with van der Waals surface area (Å²) >= 11 is 13.2. The molecule has 0 saturated heterocycles. The van der Waals surface area contributed by atoms with E-state index in [-0.39, 0.29) is 32.7 Å². The largest absolute Gasteiger partial charge is 0.350 e. The molecule has 0 bridgehead atoms. The summed E-state index contributed by atoms with van der Waals surface area (Å²) in [6, 6.07) is 10.9. The van der Waals surface area contributed by atoms with Crippen LogP contribution in [0.3, 0.4) is 0 Å². The van der Waals surface area contributed by atoms with Gasteiger partial charge in [0, 0.05) is 16.6 Å². The van der Waals surface area contributed by atoms with Crippen molar-refractivity contribution in [2.45, 2.75) is 0 Å². The van der Waals surface area contributed by atoms with Crippen molar-refractivity contribution in [1.82, 2.24) is 0 Å². The lowest BCUT2D eigenvalue weighted by Gasteiger charge is -2.16. The number of carbonyl (C=O) groups excluding carboxylic acids is 2. The number of thiophene rings is 1. The molecule has 0 fully saturated rings. The molecule has 0 atom stereocenters. The predicted octanol–water partition coefficient (Wildman–Crippen LogP) is 5.73. The van der Waals surface area contributed by atoms with Crippen LogP contribution in [-0.4, -0.2) is 11.8 Å². The Bertz CT molecular complexity index is 1180. The first-order chi connectivity index (χ1) is 13.9. The van der Waals surface area contributed by atoms with E-state index in [4.69, 9.17) is 23.2 Å². The quantitative estimate of drug-likeness (QED) is 0.516. The number of nitrogens with zero attached hydrogens (tertiary/aromatic N) is 1. The molecule has 1 aliphatic heterocycles. The number of hydrogen-bond acceptors (Lipinski definition) is 4. The minimum atomic E-state index is -1.08. The number of halogens is 4. The molecule has 4 rings (SSSR count). The second kappa shape index (κ2) is 7.59. The van der Waals surface area contributed by atoms with Gasteiger partial charge in [0.1, 0.15) is 5.70 Å². The average Bonchev–Trinajstić information content (AvgIpc) is 3.28. The standard InChI is InChI=1S/C20H10Cl2F2N2O2S/c21-12-5-4-11(9-13(12)22)26-19(27)17(16-2-1-7-29-16)18(20(26)28)25-10-3-6-14(23)15(24)8-10/h1-9,25H. The molecular weight excluding hydrogens is 441 g/mol. The molecule has 1 N–H and O–H groups in total. The zero-order chi connectivity index (χ0) is 20.7. The van der Waals surface area contributed by atoms with Crippen LogP contribution >= 0.6 is 34.5 Å². The van der Waals surface area contributed by atoms with Crippen LogP contribution in [0, 0.1) is 11.6 Å². The minimum Gasteiger partial charge on any atom is -0.350 e. The Hall–Kier alpha value is -2.74.